The number of nitrogens with zero attached hydrogens (tertiary/aromatic N) is 2. The lowest BCUT2D eigenvalue weighted by Gasteiger charge is -2.27. The van der Waals surface area contributed by atoms with E-state index in [4.69, 9.17) is 4.74 Å². The first kappa shape index (κ1) is 17.1. The number of nitro groups is 1. The first-order valence-corrected chi connectivity index (χ1v) is 8.26. The topological polar surface area (TPSA) is 110 Å². The van der Waals surface area contributed by atoms with E-state index in [1.165, 1.54) is 0 Å². The van der Waals surface area contributed by atoms with Crippen molar-refractivity contribution in [2.45, 2.75) is 25.3 Å². The normalized spacial score (nSPS) is 16.3. The minimum absolute atomic E-state index is 0.127. The van der Waals surface area contributed by atoms with Crippen LogP contribution in [0.3, 0.4) is 0 Å². The van der Waals surface area contributed by atoms with Gasteiger partial charge in [0.1, 0.15) is 6.20 Å². The maximum Gasteiger partial charge on any atom is 0.319 e. The van der Waals surface area contributed by atoms with E-state index >= 15 is 0 Å². The molecule has 1 aliphatic heterocycles. The number of benzene rings is 1. The van der Waals surface area contributed by atoms with Crippen molar-refractivity contribution in [2.24, 2.45) is 5.92 Å². The SMILES string of the molecule is O=C(N[C@H](CC1CCOCC1)c1ccccc1)c1[nH]ncc1[N+](=O)[O-]. The number of amides is 1. The summed E-state index contributed by atoms with van der Waals surface area (Å²) in [5, 5.41) is 20.0. The highest BCUT2D eigenvalue weighted by atomic mass is 16.6. The Morgan fingerprint density at radius 1 is 1.36 bits per heavy atom. The highest BCUT2D eigenvalue weighted by Gasteiger charge is 2.27. The van der Waals surface area contributed by atoms with Crippen molar-refractivity contribution in [1.82, 2.24) is 15.5 Å². The van der Waals surface area contributed by atoms with Gasteiger partial charge in [0.25, 0.3) is 5.91 Å². The Kier molecular flexibility index (Phi) is 5.39. The number of H-pyrrole nitrogens is 1. The molecule has 1 aromatic heterocycles. The molecule has 132 valence electrons. The Bertz CT molecular complexity index is 725. The molecule has 1 aromatic carbocycles. The van der Waals surface area contributed by atoms with E-state index in [1.54, 1.807) is 0 Å². The van der Waals surface area contributed by atoms with Crippen LogP contribution in [0.15, 0.2) is 36.5 Å². The van der Waals surface area contributed by atoms with Crippen molar-refractivity contribution in [1.29, 1.82) is 0 Å². The molecule has 0 aliphatic carbocycles. The van der Waals surface area contributed by atoms with Crippen LogP contribution in [0.2, 0.25) is 0 Å². The highest BCUT2D eigenvalue weighted by molar-refractivity contribution is 5.96. The first-order chi connectivity index (χ1) is 12.1. The summed E-state index contributed by atoms with van der Waals surface area (Å²) in [6, 6.07) is 9.42. The van der Waals surface area contributed by atoms with Crippen molar-refractivity contribution in [3.05, 3.63) is 57.9 Å². The lowest BCUT2D eigenvalue weighted by atomic mass is 9.89. The molecule has 2 aromatic rings. The van der Waals surface area contributed by atoms with E-state index in [9.17, 15) is 14.9 Å². The van der Waals surface area contributed by atoms with Crippen LogP contribution in [0, 0.1) is 16.0 Å². The van der Waals surface area contributed by atoms with Crippen LogP contribution in [0.4, 0.5) is 5.69 Å². The van der Waals surface area contributed by atoms with Gasteiger partial charge in [-0.3, -0.25) is 20.0 Å². The molecule has 0 spiro atoms. The third-order valence-corrected chi connectivity index (χ3v) is 4.46. The molecule has 1 fully saturated rings. The number of aromatic amines is 1. The Balaban J connectivity index is 1.78. The second kappa shape index (κ2) is 7.89. The van der Waals surface area contributed by atoms with Crippen LogP contribution in [0.1, 0.15) is 41.4 Å². The van der Waals surface area contributed by atoms with Gasteiger partial charge in [-0.05, 0) is 30.7 Å². The predicted molar refractivity (Wildman–Crippen MR) is 90.1 cm³/mol. The minimum Gasteiger partial charge on any atom is -0.381 e. The second-order valence-corrected chi connectivity index (χ2v) is 6.12. The molecule has 2 heterocycles. The van der Waals surface area contributed by atoms with E-state index in [2.05, 4.69) is 15.5 Å². The summed E-state index contributed by atoms with van der Waals surface area (Å²) in [7, 11) is 0. The second-order valence-electron chi connectivity index (χ2n) is 6.12. The third-order valence-electron chi connectivity index (χ3n) is 4.46. The van der Waals surface area contributed by atoms with Gasteiger partial charge in [0.15, 0.2) is 0 Å². The third kappa shape index (κ3) is 4.21. The number of aromatic nitrogens is 2. The molecule has 1 atom stereocenters. The predicted octanol–water partition coefficient (Wildman–Crippen LogP) is 2.61. The number of hydrogen-bond donors (Lipinski definition) is 2. The Hall–Kier alpha value is -2.74. The lowest BCUT2D eigenvalue weighted by Crippen LogP contribution is -2.32. The van der Waals surface area contributed by atoms with Gasteiger partial charge in [-0.25, -0.2) is 0 Å². The fourth-order valence-corrected chi connectivity index (χ4v) is 3.09. The van der Waals surface area contributed by atoms with Gasteiger partial charge in [0.2, 0.25) is 5.69 Å². The summed E-state index contributed by atoms with van der Waals surface area (Å²) in [6.45, 7) is 1.46. The summed E-state index contributed by atoms with van der Waals surface area (Å²) in [4.78, 5) is 22.9. The Morgan fingerprint density at radius 3 is 2.76 bits per heavy atom. The standard InChI is InChI=1S/C17H20N4O4/c22-17(16-15(21(23)24)11-18-20-16)19-14(13-4-2-1-3-5-13)10-12-6-8-25-9-7-12/h1-5,11-12,14H,6-10H2,(H,18,20)(H,19,22)/t14-/m1/s1. The summed E-state index contributed by atoms with van der Waals surface area (Å²) < 4.78 is 5.39. The summed E-state index contributed by atoms with van der Waals surface area (Å²) in [6.07, 6.45) is 3.71. The molecule has 0 unspecified atom stereocenters. The molecule has 25 heavy (non-hydrogen) atoms. The van der Waals surface area contributed by atoms with Crippen LogP contribution in [-0.2, 0) is 4.74 Å². The van der Waals surface area contributed by atoms with Crippen LogP contribution in [-0.4, -0.2) is 34.2 Å². The first-order valence-electron chi connectivity index (χ1n) is 8.26. The molecule has 3 rings (SSSR count). The molecule has 2 N–H and O–H groups in total. The van der Waals surface area contributed by atoms with Crippen molar-refractivity contribution >= 4 is 11.6 Å². The van der Waals surface area contributed by atoms with Gasteiger partial charge in [0.05, 0.1) is 11.0 Å². The number of hydrogen-bond acceptors (Lipinski definition) is 5. The molecular formula is C17H20N4O4. The van der Waals surface area contributed by atoms with Crippen molar-refractivity contribution < 1.29 is 14.5 Å². The molecule has 0 bridgehead atoms. The van der Waals surface area contributed by atoms with E-state index < -0.39 is 10.8 Å². The van der Waals surface area contributed by atoms with Gasteiger partial charge in [-0.2, -0.15) is 5.10 Å². The van der Waals surface area contributed by atoms with Gasteiger partial charge in [-0.1, -0.05) is 30.3 Å². The van der Waals surface area contributed by atoms with Crippen LogP contribution in [0.5, 0.6) is 0 Å². The molecular weight excluding hydrogens is 324 g/mol. The maximum absolute atomic E-state index is 12.5. The van der Waals surface area contributed by atoms with Gasteiger partial charge >= 0.3 is 5.69 Å². The minimum atomic E-state index is -0.617. The molecule has 8 heteroatoms. The van der Waals surface area contributed by atoms with Gasteiger partial charge in [0, 0.05) is 13.2 Å². The summed E-state index contributed by atoms with van der Waals surface area (Å²) in [5.74, 6) is -0.0823. The zero-order valence-corrected chi connectivity index (χ0v) is 13.7. The molecule has 1 saturated heterocycles. The molecule has 1 amide bonds. The summed E-state index contributed by atoms with van der Waals surface area (Å²) in [5.41, 5.74) is 0.526. The number of carbonyl (C=O) groups is 1. The number of rotatable bonds is 6. The lowest BCUT2D eigenvalue weighted by molar-refractivity contribution is -0.385. The fourth-order valence-electron chi connectivity index (χ4n) is 3.09. The van der Waals surface area contributed by atoms with E-state index in [1.807, 2.05) is 30.3 Å². The van der Waals surface area contributed by atoms with Crippen LogP contribution < -0.4 is 5.32 Å². The Labute approximate surface area is 144 Å². The molecule has 0 saturated carbocycles. The van der Waals surface area contributed by atoms with E-state index in [0.717, 1.165) is 44.2 Å². The molecule has 1 aliphatic rings. The van der Waals surface area contributed by atoms with Crippen molar-refractivity contribution in [3.8, 4) is 0 Å². The number of nitrogens with one attached hydrogen (secondary N) is 2. The highest BCUT2D eigenvalue weighted by Crippen LogP contribution is 2.28. The monoisotopic (exact) mass is 344 g/mol. The summed E-state index contributed by atoms with van der Waals surface area (Å²) >= 11 is 0. The average molecular weight is 344 g/mol. The van der Waals surface area contributed by atoms with Crippen molar-refractivity contribution in [2.75, 3.05) is 13.2 Å². The Morgan fingerprint density at radius 2 is 2.08 bits per heavy atom. The van der Waals surface area contributed by atoms with Crippen molar-refractivity contribution in [3.63, 3.8) is 0 Å². The van der Waals surface area contributed by atoms with Crippen LogP contribution >= 0.6 is 0 Å². The average Bonchev–Trinajstić information content (AvgIpc) is 3.13. The van der Waals surface area contributed by atoms with Crippen LogP contribution in [0.25, 0.3) is 0 Å². The maximum atomic E-state index is 12.5. The fraction of sp³-hybridized carbons (Fsp3) is 0.412. The van der Waals surface area contributed by atoms with Gasteiger partial charge in [-0.15, -0.1) is 0 Å². The van der Waals surface area contributed by atoms with E-state index in [0.29, 0.717) is 5.92 Å². The zero-order valence-electron chi connectivity index (χ0n) is 13.7. The molecule has 8 nitrogen and oxygen atoms in total. The molecule has 0 radical (unpaired) electrons. The largest absolute Gasteiger partial charge is 0.381 e. The van der Waals surface area contributed by atoms with E-state index in [-0.39, 0.29) is 17.4 Å². The quantitative estimate of drug-likeness (QED) is 0.618. The zero-order chi connectivity index (χ0) is 17.6. The van der Waals surface area contributed by atoms with Gasteiger partial charge < -0.3 is 10.1 Å². The number of carbonyl (C=O) groups excluding carboxylic acids is 1. The smallest absolute Gasteiger partial charge is 0.319 e. The number of ether oxygens (including phenoxy) is 1.